The van der Waals surface area contributed by atoms with Gasteiger partial charge < -0.3 is 9.64 Å². The highest BCUT2D eigenvalue weighted by atomic mass is 16.5. The van der Waals surface area contributed by atoms with Gasteiger partial charge in [0.15, 0.2) is 0 Å². The predicted octanol–water partition coefficient (Wildman–Crippen LogP) is -0.153. The number of ether oxygens (including phenoxy) is 1. The number of nitrogens with one attached hydrogen (secondary N) is 1. The third kappa shape index (κ3) is 3.90. The molecule has 0 aromatic carbocycles. The van der Waals surface area contributed by atoms with E-state index in [4.69, 9.17) is 11.2 Å². The second-order valence-corrected chi connectivity index (χ2v) is 3.66. The van der Waals surface area contributed by atoms with Gasteiger partial charge in [-0.25, -0.2) is 0 Å². The van der Waals surface area contributed by atoms with Crippen molar-refractivity contribution in [3.8, 4) is 12.3 Å². The van der Waals surface area contributed by atoms with Crippen molar-refractivity contribution in [2.75, 3.05) is 33.4 Å². The molecule has 0 aliphatic carbocycles. The van der Waals surface area contributed by atoms with Crippen LogP contribution in [0.2, 0.25) is 0 Å². The van der Waals surface area contributed by atoms with E-state index in [2.05, 4.69) is 11.2 Å². The summed E-state index contributed by atoms with van der Waals surface area (Å²) < 4.78 is 5.25. The molecule has 0 aromatic heterocycles. The molecule has 84 valence electrons. The first-order chi connectivity index (χ1) is 7.25. The van der Waals surface area contributed by atoms with Gasteiger partial charge >= 0.3 is 0 Å². The molecule has 4 nitrogen and oxygen atoms in total. The van der Waals surface area contributed by atoms with Gasteiger partial charge in [0.05, 0.1) is 13.1 Å². The molecule has 1 N–H and O–H groups in total. The molecule has 1 fully saturated rings. The van der Waals surface area contributed by atoms with Crippen LogP contribution in [0.5, 0.6) is 0 Å². The summed E-state index contributed by atoms with van der Waals surface area (Å²) in [4.78, 5) is 13.5. The van der Waals surface area contributed by atoms with Crippen LogP contribution in [0.15, 0.2) is 0 Å². The maximum absolute atomic E-state index is 11.7. The normalized spacial score (nSPS) is 17.1. The van der Waals surface area contributed by atoms with Crippen LogP contribution in [0.1, 0.15) is 12.8 Å². The van der Waals surface area contributed by atoms with Gasteiger partial charge in [-0.1, -0.05) is 5.92 Å². The number of amides is 1. The first kappa shape index (κ1) is 12.0. The lowest BCUT2D eigenvalue weighted by molar-refractivity contribution is -0.132. The van der Waals surface area contributed by atoms with Crippen LogP contribution in [-0.2, 0) is 9.53 Å². The minimum Gasteiger partial charge on any atom is -0.381 e. The SMILES string of the molecule is C#CCNCC(=O)N(C)C1CCOCC1. The summed E-state index contributed by atoms with van der Waals surface area (Å²) in [7, 11) is 1.84. The lowest BCUT2D eigenvalue weighted by atomic mass is 10.1. The van der Waals surface area contributed by atoms with Gasteiger partial charge in [-0.15, -0.1) is 6.42 Å². The molecule has 0 bridgehead atoms. The van der Waals surface area contributed by atoms with E-state index < -0.39 is 0 Å². The number of carbonyl (C=O) groups excluding carboxylic acids is 1. The minimum atomic E-state index is 0.0946. The quantitative estimate of drug-likeness (QED) is 0.518. The van der Waals surface area contributed by atoms with Crippen LogP contribution in [0, 0.1) is 12.3 Å². The van der Waals surface area contributed by atoms with Gasteiger partial charge in [0.2, 0.25) is 5.91 Å². The van der Waals surface area contributed by atoms with Crippen molar-refractivity contribution in [1.82, 2.24) is 10.2 Å². The van der Waals surface area contributed by atoms with E-state index in [0.29, 0.717) is 19.1 Å². The smallest absolute Gasteiger partial charge is 0.236 e. The van der Waals surface area contributed by atoms with Crippen LogP contribution in [-0.4, -0.2) is 50.2 Å². The first-order valence-corrected chi connectivity index (χ1v) is 5.23. The molecular weight excluding hydrogens is 192 g/mol. The van der Waals surface area contributed by atoms with E-state index in [1.54, 1.807) is 4.90 Å². The van der Waals surface area contributed by atoms with Gasteiger partial charge in [0.1, 0.15) is 0 Å². The maximum Gasteiger partial charge on any atom is 0.236 e. The zero-order chi connectivity index (χ0) is 11.1. The van der Waals surface area contributed by atoms with Crippen molar-refractivity contribution in [1.29, 1.82) is 0 Å². The number of terminal acetylenes is 1. The molecule has 0 atom stereocenters. The van der Waals surface area contributed by atoms with Crippen molar-refractivity contribution in [3.05, 3.63) is 0 Å². The Bertz CT molecular complexity index is 241. The molecule has 1 rings (SSSR count). The van der Waals surface area contributed by atoms with Crippen molar-refractivity contribution >= 4 is 5.91 Å². The highest BCUT2D eigenvalue weighted by Gasteiger charge is 2.21. The molecular formula is C11H18N2O2. The van der Waals surface area contributed by atoms with Gasteiger partial charge in [-0.3, -0.25) is 10.1 Å². The van der Waals surface area contributed by atoms with E-state index in [1.807, 2.05) is 7.05 Å². The van der Waals surface area contributed by atoms with Crippen LogP contribution < -0.4 is 5.32 Å². The number of carbonyl (C=O) groups is 1. The zero-order valence-electron chi connectivity index (χ0n) is 9.16. The van der Waals surface area contributed by atoms with Crippen LogP contribution in [0.25, 0.3) is 0 Å². The molecule has 1 amide bonds. The monoisotopic (exact) mass is 210 g/mol. The van der Waals surface area contributed by atoms with E-state index in [-0.39, 0.29) is 5.91 Å². The fourth-order valence-electron chi connectivity index (χ4n) is 1.64. The van der Waals surface area contributed by atoms with Crippen molar-refractivity contribution < 1.29 is 9.53 Å². The minimum absolute atomic E-state index is 0.0946. The Morgan fingerprint density at radius 2 is 2.27 bits per heavy atom. The lowest BCUT2D eigenvalue weighted by Crippen LogP contribution is -2.44. The fourth-order valence-corrected chi connectivity index (χ4v) is 1.64. The molecule has 0 saturated carbocycles. The topological polar surface area (TPSA) is 41.6 Å². The van der Waals surface area contributed by atoms with E-state index in [1.165, 1.54) is 0 Å². The molecule has 4 heteroatoms. The third-order valence-electron chi connectivity index (χ3n) is 2.64. The molecule has 15 heavy (non-hydrogen) atoms. The second kappa shape index (κ2) is 6.44. The Hall–Kier alpha value is -1.05. The van der Waals surface area contributed by atoms with Crippen LogP contribution in [0.3, 0.4) is 0 Å². The van der Waals surface area contributed by atoms with Gasteiger partial charge in [0, 0.05) is 26.3 Å². The Morgan fingerprint density at radius 3 is 2.87 bits per heavy atom. The first-order valence-electron chi connectivity index (χ1n) is 5.23. The van der Waals surface area contributed by atoms with Crippen molar-refractivity contribution in [2.24, 2.45) is 0 Å². The van der Waals surface area contributed by atoms with E-state index in [0.717, 1.165) is 26.1 Å². The zero-order valence-corrected chi connectivity index (χ0v) is 9.16. The number of rotatable bonds is 4. The van der Waals surface area contributed by atoms with E-state index >= 15 is 0 Å². The Balaban J connectivity index is 2.28. The molecule has 0 aromatic rings. The highest BCUT2D eigenvalue weighted by molar-refractivity contribution is 5.78. The Morgan fingerprint density at radius 1 is 1.60 bits per heavy atom. The van der Waals surface area contributed by atoms with E-state index in [9.17, 15) is 4.79 Å². The summed E-state index contributed by atoms with van der Waals surface area (Å²) in [6.45, 7) is 2.26. The highest BCUT2D eigenvalue weighted by Crippen LogP contribution is 2.12. The maximum atomic E-state index is 11.7. The molecule has 1 aliphatic rings. The largest absolute Gasteiger partial charge is 0.381 e. The van der Waals surface area contributed by atoms with Crippen LogP contribution in [0.4, 0.5) is 0 Å². The number of likely N-dealkylation sites (N-methyl/N-ethyl adjacent to an activating group) is 1. The summed E-state index contributed by atoms with van der Waals surface area (Å²) in [6.07, 6.45) is 6.94. The summed E-state index contributed by atoms with van der Waals surface area (Å²) in [5.41, 5.74) is 0. The Labute approximate surface area is 91.0 Å². The number of hydrogen-bond acceptors (Lipinski definition) is 3. The van der Waals surface area contributed by atoms with Gasteiger partial charge in [-0.2, -0.15) is 0 Å². The number of hydrogen-bond donors (Lipinski definition) is 1. The standard InChI is InChI=1S/C11H18N2O2/c1-3-6-12-9-11(14)13(2)10-4-7-15-8-5-10/h1,10,12H,4-9H2,2H3. The number of nitrogens with zero attached hydrogens (tertiary/aromatic N) is 1. The molecule has 0 unspecified atom stereocenters. The Kier molecular flexibility index (Phi) is 5.16. The summed E-state index contributed by atoms with van der Waals surface area (Å²) in [5.74, 6) is 2.53. The fraction of sp³-hybridized carbons (Fsp3) is 0.727. The summed E-state index contributed by atoms with van der Waals surface area (Å²) >= 11 is 0. The second-order valence-electron chi connectivity index (χ2n) is 3.66. The average molecular weight is 210 g/mol. The van der Waals surface area contributed by atoms with Crippen molar-refractivity contribution in [2.45, 2.75) is 18.9 Å². The predicted molar refractivity (Wildman–Crippen MR) is 58.3 cm³/mol. The molecule has 1 saturated heterocycles. The average Bonchev–Trinajstić information content (AvgIpc) is 2.29. The summed E-state index contributed by atoms with van der Waals surface area (Å²) in [6, 6.07) is 0.318. The van der Waals surface area contributed by atoms with Crippen LogP contribution >= 0.6 is 0 Å². The molecule has 1 aliphatic heterocycles. The molecule has 1 heterocycles. The lowest BCUT2D eigenvalue weighted by Gasteiger charge is -2.31. The summed E-state index contributed by atoms with van der Waals surface area (Å²) in [5, 5.41) is 2.90. The molecule has 0 radical (unpaired) electrons. The third-order valence-corrected chi connectivity index (χ3v) is 2.64. The van der Waals surface area contributed by atoms with Gasteiger partial charge in [0.25, 0.3) is 0 Å². The molecule has 0 spiro atoms. The van der Waals surface area contributed by atoms with Gasteiger partial charge in [-0.05, 0) is 12.8 Å². The van der Waals surface area contributed by atoms with Crippen molar-refractivity contribution in [3.63, 3.8) is 0 Å².